The number of benzene rings is 5. The van der Waals surface area contributed by atoms with Crippen molar-refractivity contribution in [3.63, 3.8) is 0 Å². The summed E-state index contributed by atoms with van der Waals surface area (Å²) < 4.78 is 71.0. The first kappa shape index (κ1) is 106. The molecule has 0 unspecified atom stereocenters. The van der Waals surface area contributed by atoms with E-state index in [2.05, 4.69) is 13.2 Å². The SMILES string of the molecule is C=C(C)O[C@@H]1C[C@@H](CO)O[C@H]1C.C=C(C)O[C@@H]1C[C@@H](COC(=O)c2ccccc2)O[C@H]1C.CC.CC.CC.CC.CC.CC.C[C@@H]1O[C@H](CO)C[C@H]1O.C[C@@H]1O[C@H](COC(=O)c2ccccc2)C[C@H]1OC(=O)c1ccccc1.C[C@H]1C[C@H](O)[C@@H](CO)O1.Cc1ccc(C(=O)OC[C@H]2O[C@@H](C)C[C@@H]2OC(=O)c2ccc(C)cc2)cc1. The van der Waals surface area contributed by atoms with E-state index < -0.39 is 30.3 Å². The molecule has 0 spiro atoms. The van der Waals surface area contributed by atoms with Crippen LogP contribution in [-0.2, 0) is 61.6 Å². The van der Waals surface area contributed by atoms with Crippen LogP contribution in [0.1, 0.15) is 240 Å². The first-order valence-corrected chi connectivity index (χ1v) is 40.7. The van der Waals surface area contributed by atoms with Crippen molar-refractivity contribution in [1.29, 1.82) is 0 Å². The number of ether oxygens (including phenoxy) is 13. The van der Waals surface area contributed by atoms with E-state index in [1.54, 1.807) is 91.9 Å². The summed E-state index contributed by atoms with van der Waals surface area (Å²) in [6, 6.07) is 41.0. The number of carbonyl (C=O) groups is 5. The molecule has 6 aliphatic heterocycles. The molecule has 23 heteroatoms. The summed E-state index contributed by atoms with van der Waals surface area (Å²) in [6.45, 7) is 50.7. The molecule has 23 nitrogen and oxygen atoms in total. The Morgan fingerprint density at radius 2 is 0.632 bits per heavy atom. The Kier molecular flexibility index (Phi) is 57.2. The van der Waals surface area contributed by atoms with Crippen LogP contribution >= 0.6 is 0 Å². The van der Waals surface area contributed by atoms with Gasteiger partial charge in [-0.25, -0.2) is 24.0 Å². The second-order valence-corrected chi connectivity index (χ2v) is 26.1. The molecule has 11 rings (SSSR count). The highest BCUT2D eigenvalue weighted by molar-refractivity contribution is 5.91. The number of carbonyl (C=O) groups excluding carboxylic acids is 5. The van der Waals surface area contributed by atoms with Crippen LogP contribution in [0, 0.1) is 13.8 Å². The van der Waals surface area contributed by atoms with Crippen LogP contribution in [0.4, 0.5) is 0 Å². The number of hydrogen-bond acceptors (Lipinski definition) is 23. The predicted octanol–water partition coefficient (Wildman–Crippen LogP) is 16.3. The molecule has 6 saturated heterocycles. The Balaban J connectivity index is 0.00000136. The van der Waals surface area contributed by atoms with Gasteiger partial charge in [-0.1, -0.05) is 186 Å². The molecule has 0 aliphatic carbocycles. The van der Waals surface area contributed by atoms with E-state index in [0.29, 0.717) is 71.4 Å². The second-order valence-electron chi connectivity index (χ2n) is 26.1. The van der Waals surface area contributed by atoms with Crippen molar-refractivity contribution in [3.05, 3.63) is 203 Å². The lowest BCUT2D eigenvalue weighted by Gasteiger charge is -2.19. The van der Waals surface area contributed by atoms with Crippen LogP contribution in [0.5, 0.6) is 0 Å². The van der Waals surface area contributed by atoms with E-state index in [1.807, 2.05) is 200 Å². The van der Waals surface area contributed by atoms with Crippen LogP contribution in [0.2, 0.25) is 0 Å². The third-order valence-electron chi connectivity index (χ3n) is 17.1. The predicted molar refractivity (Wildman–Crippen MR) is 445 cm³/mol. The van der Waals surface area contributed by atoms with Gasteiger partial charge >= 0.3 is 29.8 Å². The topological polar surface area (TPSA) is 306 Å². The largest absolute Gasteiger partial charge is 0.493 e. The lowest BCUT2D eigenvalue weighted by Crippen LogP contribution is -2.32. The Bertz CT molecular complexity index is 3330. The van der Waals surface area contributed by atoms with Gasteiger partial charge < -0.3 is 87.1 Å². The van der Waals surface area contributed by atoms with Gasteiger partial charge in [-0.3, -0.25) is 0 Å². The van der Waals surface area contributed by atoms with Crippen molar-refractivity contribution in [2.45, 2.75) is 301 Å². The van der Waals surface area contributed by atoms with Gasteiger partial charge in [0.25, 0.3) is 0 Å². The van der Waals surface area contributed by atoms with E-state index >= 15 is 0 Å². The molecule has 5 N–H and O–H groups in total. The average Bonchev–Trinajstić information content (AvgIpc) is 1.70. The number of rotatable bonds is 20. The van der Waals surface area contributed by atoms with Crippen LogP contribution in [-0.4, -0.2) is 205 Å². The lowest BCUT2D eigenvalue weighted by atomic mass is 10.1. The second kappa shape index (κ2) is 61.5. The number of allylic oxidation sites excluding steroid dienone is 2. The van der Waals surface area contributed by atoms with Crippen molar-refractivity contribution in [2.75, 3.05) is 39.6 Å². The van der Waals surface area contributed by atoms with Crippen LogP contribution in [0.15, 0.2) is 164 Å². The molecule has 0 radical (unpaired) electrons. The summed E-state index contributed by atoms with van der Waals surface area (Å²) in [5, 5.41) is 44.1. The Morgan fingerprint density at radius 1 is 0.333 bits per heavy atom. The van der Waals surface area contributed by atoms with E-state index in [4.69, 9.17) is 87.1 Å². The van der Waals surface area contributed by atoms with Crippen LogP contribution < -0.4 is 0 Å². The van der Waals surface area contributed by atoms with E-state index in [1.165, 1.54) is 0 Å². The Hall–Kier alpha value is -7.91. The number of aryl methyl sites for hydroxylation is 2. The summed E-state index contributed by atoms with van der Waals surface area (Å²) in [7, 11) is 0. The average molecular weight is 1600 g/mol. The van der Waals surface area contributed by atoms with Crippen molar-refractivity contribution < 1.29 is 111 Å². The fourth-order valence-electron chi connectivity index (χ4n) is 11.6. The van der Waals surface area contributed by atoms with E-state index in [9.17, 15) is 24.0 Å². The molecule has 5 aromatic carbocycles. The minimum atomic E-state index is -0.469. The smallest absolute Gasteiger partial charge is 0.338 e. The molecule has 6 heterocycles. The molecule has 642 valence electrons. The minimum absolute atomic E-state index is 0.0153. The molecule has 0 bridgehead atoms. The third kappa shape index (κ3) is 40.6. The van der Waals surface area contributed by atoms with Gasteiger partial charge in [0.2, 0.25) is 0 Å². The van der Waals surface area contributed by atoms with Gasteiger partial charge in [0.15, 0.2) is 0 Å². The van der Waals surface area contributed by atoms with Crippen molar-refractivity contribution in [3.8, 4) is 0 Å². The quantitative estimate of drug-likeness (QED) is 0.0275. The standard InChI is InChI=1S/C22H24O5.C20H20O5.C16H20O4.C9H16O3.2C6H12O3.6C2H6/c1-14-4-8-17(9-5-14)21(23)25-13-20-19(12-16(3)26-20)27-22(24)18-10-6-15(2)7-11-18;1-14-18(25-20(22)16-10-6-3-7-11-16)12-17(24-14)13-23-19(21)15-8-4-2-5-9-15;1-11(2)19-15-9-14(20-12(15)3)10-18-16(17)13-7-5-4-6-8-13;1-6(2)11-9-4-8(5-10)12-7(9)3;1-4-6(8)2-5(3-7)9-4;1-4-2-5(8)6(3-7)9-4;6*1-2/h4-11,16,19-20H,12-13H2,1-3H3;2-11,14,17-18H,12-13H2,1H3;4-8,12,14-15H,1,9-10H2,2-3H3;7-10H,1,4-5H2,2-3H3;2*4-8H,2-3H2,1H3;6*1-2H3/t16-,19-,20+;14-,17-,18+;12-,14-,15+;7-,8-,9+;2*4-,5-,6+;;;;;;/m000000....../s1. The number of aliphatic hydroxyl groups excluding tert-OH is 5. The van der Waals surface area contributed by atoms with Gasteiger partial charge in [0, 0.05) is 38.5 Å². The Labute approximate surface area is 681 Å². The van der Waals surface area contributed by atoms with Crippen molar-refractivity contribution in [2.24, 2.45) is 0 Å². The van der Waals surface area contributed by atoms with E-state index in [-0.39, 0.29) is 149 Å². The van der Waals surface area contributed by atoms with E-state index in [0.717, 1.165) is 17.5 Å². The molecule has 5 aromatic rings. The summed E-state index contributed by atoms with van der Waals surface area (Å²) in [4.78, 5) is 60.5. The highest BCUT2D eigenvalue weighted by Crippen LogP contribution is 2.29. The molecule has 18 atom stereocenters. The molecular formula is C91H140O23. The zero-order chi connectivity index (χ0) is 86.4. The molecule has 6 fully saturated rings. The van der Waals surface area contributed by atoms with Gasteiger partial charge in [0.1, 0.15) is 56.4 Å². The molecule has 0 amide bonds. The molecule has 0 saturated carbocycles. The molecule has 6 aliphatic rings. The van der Waals surface area contributed by atoms with Crippen molar-refractivity contribution in [1.82, 2.24) is 0 Å². The zero-order valence-corrected chi connectivity index (χ0v) is 72.2. The van der Waals surface area contributed by atoms with Gasteiger partial charge in [-0.2, -0.15) is 0 Å². The zero-order valence-electron chi connectivity index (χ0n) is 72.2. The number of hydrogen-bond donors (Lipinski definition) is 5. The maximum absolute atomic E-state index is 12.4. The summed E-state index contributed by atoms with van der Waals surface area (Å²) in [6.07, 6.45) is 0.409. The molecule has 114 heavy (non-hydrogen) atoms. The number of aliphatic hydroxyl groups is 5. The monoisotopic (exact) mass is 1600 g/mol. The normalized spacial score (nSPS) is 25.4. The lowest BCUT2D eigenvalue weighted by molar-refractivity contribution is -0.0394. The highest BCUT2D eigenvalue weighted by atomic mass is 16.6. The maximum atomic E-state index is 12.4. The fourth-order valence-corrected chi connectivity index (χ4v) is 11.6. The van der Waals surface area contributed by atoms with Gasteiger partial charge in [0.05, 0.1) is 132 Å². The first-order chi connectivity index (χ1) is 54.7. The van der Waals surface area contributed by atoms with Crippen molar-refractivity contribution >= 4 is 29.8 Å². The summed E-state index contributed by atoms with van der Waals surface area (Å²) >= 11 is 0. The van der Waals surface area contributed by atoms with Gasteiger partial charge in [-0.15, -0.1) is 0 Å². The molecular weight excluding hydrogens is 1460 g/mol. The Morgan fingerprint density at radius 3 is 0.947 bits per heavy atom. The van der Waals surface area contributed by atoms with Gasteiger partial charge in [-0.05, 0) is 130 Å². The number of esters is 5. The summed E-state index contributed by atoms with van der Waals surface area (Å²) in [5.74, 6) is -0.522. The fraction of sp³-hybridized carbons (Fsp3) is 0.571. The highest BCUT2D eigenvalue weighted by Gasteiger charge is 2.40. The first-order valence-electron chi connectivity index (χ1n) is 40.7. The summed E-state index contributed by atoms with van der Waals surface area (Å²) in [5.41, 5.74) is 4.69. The maximum Gasteiger partial charge on any atom is 0.338 e. The minimum Gasteiger partial charge on any atom is -0.493 e. The van der Waals surface area contributed by atoms with Crippen LogP contribution in [0.25, 0.3) is 0 Å². The third-order valence-corrected chi connectivity index (χ3v) is 17.1. The van der Waals surface area contributed by atoms with Crippen LogP contribution in [0.3, 0.4) is 0 Å². The molecule has 0 aromatic heterocycles.